The quantitative estimate of drug-likeness (QED) is 0.476. The van der Waals surface area contributed by atoms with Gasteiger partial charge in [0.25, 0.3) is 10.0 Å². The van der Waals surface area contributed by atoms with Gasteiger partial charge in [-0.1, -0.05) is 38.1 Å². The van der Waals surface area contributed by atoms with Gasteiger partial charge in [-0.15, -0.1) is 4.40 Å². The second-order valence-electron chi connectivity index (χ2n) is 11.0. The van der Waals surface area contributed by atoms with Crippen LogP contribution >= 0.6 is 0 Å². The number of amidine groups is 1. The number of carbonyl (C=O) groups is 3. The fraction of sp³-hybridized carbons (Fsp3) is 0.407. The van der Waals surface area contributed by atoms with E-state index in [2.05, 4.69) is 15.0 Å². The molecule has 38 heavy (non-hydrogen) atoms. The molecule has 1 amide bonds. The lowest BCUT2D eigenvalue weighted by Gasteiger charge is -2.38. The highest BCUT2D eigenvalue weighted by Gasteiger charge is 2.52. The standard InChI is InChI=1S/C27H32N4O6S/c1-15(2)12-13-27(28)18-9-7-6-8-17(18)22(32)21(23(27)33)24-30-19-11-10-16(14-20(19)38(35,36)31-24)29-25(34)37-26(3,4)5/h6-11,14-15,21H,12-13,28H2,1-5H3,(H,29,34)(H,30,31). The number of hydrogen-bond acceptors (Lipinski definition) is 8. The van der Waals surface area contributed by atoms with Gasteiger partial charge in [0.05, 0.1) is 5.69 Å². The van der Waals surface area contributed by atoms with E-state index in [1.165, 1.54) is 18.2 Å². The summed E-state index contributed by atoms with van der Waals surface area (Å²) in [6, 6.07) is 10.8. The molecule has 0 bridgehead atoms. The average molecular weight is 541 g/mol. The van der Waals surface area contributed by atoms with E-state index in [1.54, 1.807) is 45.0 Å². The molecular weight excluding hydrogens is 508 g/mol. The number of nitrogens with zero attached hydrogens (tertiary/aromatic N) is 1. The number of amides is 1. The van der Waals surface area contributed by atoms with Crippen molar-refractivity contribution in [2.24, 2.45) is 22.0 Å². The Hall–Kier alpha value is -3.57. The Bertz CT molecular complexity index is 1460. The molecule has 1 heterocycles. The van der Waals surface area contributed by atoms with E-state index in [4.69, 9.17) is 10.5 Å². The maximum atomic E-state index is 13.8. The normalized spacial score (nSPS) is 22.2. The first kappa shape index (κ1) is 27.5. The van der Waals surface area contributed by atoms with Gasteiger partial charge < -0.3 is 15.8 Å². The highest BCUT2D eigenvalue weighted by atomic mass is 32.2. The van der Waals surface area contributed by atoms with Crippen LogP contribution in [0.4, 0.5) is 16.2 Å². The number of nitrogens with two attached hydrogens (primary N) is 1. The second-order valence-corrected chi connectivity index (χ2v) is 12.6. The molecule has 1 aliphatic carbocycles. The first-order valence-corrected chi connectivity index (χ1v) is 13.8. The van der Waals surface area contributed by atoms with E-state index >= 15 is 0 Å². The van der Waals surface area contributed by atoms with Crippen molar-refractivity contribution in [2.45, 2.75) is 63.5 Å². The molecule has 1 aliphatic heterocycles. The first-order valence-electron chi connectivity index (χ1n) is 12.4. The summed E-state index contributed by atoms with van der Waals surface area (Å²) in [4.78, 5) is 39.2. The summed E-state index contributed by atoms with van der Waals surface area (Å²) in [5.74, 6) is -2.72. The summed E-state index contributed by atoms with van der Waals surface area (Å²) in [5.41, 5.74) is 5.49. The van der Waals surface area contributed by atoms with E-state index in [9.17, 15) is 22.8 Å². The smallest absolute Gasteiger partial charge is 0.412 e. The number of hydrogen-bond donors (Lipinski definition) is 3. The van der Waals surface area contributed by atoms with Gasteiger partial charge in [-0.25, -0.2) is 4.79 Å². The molecule has 10 nitrogen and oxygen atoms in total. The molecule has 0 fully saturated rings. The van der Waals surface area contributed by atoms with Crippen LogP contribution in [0.25, 0.3) is 0 Å². The van der Waals surface area contributed by atoms with Crippen molar-refractivity contribution in [1.29, 1.82) is 0 Å². The Kier molecular flexibility index (Phi) is 6.96. The lowest BCUT2D eigenvalue weighted by atomic mass is 9.67. The molecule has 2 atom stereocenters. The minimum absolute atomic E-state index is 0.119. The summed E-state index contributed by atoms with van der Waals surface area (Å²) >= 11 is 0. The number of sulfonamides is 1. The highest BCUT2D eigenvalue weighted by Crippen LogP contribution is 2.40. The monoisotopic (exact) mass is 540 g/mol. The average Bonchev–Trinajstić information content (AvgIpc) is 2.80. The molecule has 0 aromatic heterocycles. The lowest BCUT2D eigenvalue weighted by molar-refractivity contribution is -0.126. The van der Waals surface area contributed by atoms with Crippen LogP contribution in [0.5, 0.6) is 0 Å². The zero-order chi connectivity index (χ0) is 28.0. The summed E-state index contributed by atoms with van der Waals surface area (Å²) in [6.45, 7) is 9.13. The Morgan fingerprint density at radius 2 is 1.87 bits per heavy atom. The highest BCUT2D eigenvalue weighted by molar-refractivity contribution is 7.90. The predicted molar refractivity (Wildman–Crippen MR) is 144 cm³/mol. The van der Waals surface area contributed by atoms with Crippen LogP contribution < -0.4 is 16.4 Å². The Labute approximate surface area is 222 Å². The van der Waals surface area contributed by atoms with E-state index in [1.807, 2.05) is 13.8 Å². The van der Waals surface area contributed by atoms with Crippen LogP contribution in [0.3, 0.4) is 0 Å². The number of ether oxygens (including phenoxy) is 1. The second kappa shape index (κ2) is 9.63. The lowest BCUT2D eigenvalue weighted by Crippen LogP contribution is -2.57. The number of ketones is 2. The van der Waals surface area contributed by atoms with Gasteiger partial charge in [0.1, 0.15) is 27.8 Å². The summed E-state index contributed by atoms with van der Waals surface area (Å²) in [6.07, 6.45) is 0.174. The fourth-order valence-corrected chi connectivity index (χ4v) is 5.76. The van der Waals surface area contributed by atoms with Gasteiger partial charge in [-0.05, 0) is 63.3 Å². The van der Waals surface area contributed by atoms with Crippen molar-refractivity contribution in [3.05, 3.63) is 53.6 Å². The van der Waals surface area contributed by atoms with Crippen LogP contribution in [-0.2, 0) is 25.1 Å². The third-order valence-electron chi connectivity index (χ3n) is 6.41. The number of anilines is 2. The molecular formula is C27H32N4O6S. The maximum absolute atomic E-state index is 13.8. The predicted octanol–water partition coefficient (Wildman–Crippen LogP) is 4.22. The minimum atomic E-state index is -4.33. The van der Waals surface area contributed by atoms with Crippen molar-refractivity contribution < 1.29 is 27.5 Å². The van der Waals surface area contributed by atoms with Crippen molar-refractivity contribution in [1.82, 2.24) is 0 Å². The molecule has 202 valence electrons. The minimum Gasteiger partial charge on any atom is -0.444 e. The molecule has 0 saturated heterocycles. The molecule has 4 rings (SSSR count). The summed E-state index contributed by atoms with van der Waals surface area (Å²) < 4.78 is 35.4. The van der Waals surface area contributed by atoms with Gasteiger partial charge in [-0.2, -0.15) is 8.42 Å². The van der Waals surface area contributed by atoms with Crippen LogP contribution in [0.1, 0.15) is 63.4 Å². The van der Waals surface area contributed by atoms with Gasteiger partial charge in [0.2, 0.25) is 0 Å². The van der Waals surface area contributed by atoms with Crippen LogP contribution in [-0.4, -0.2) is 37.5 Å². The van der Waals surface area contributed by atoms with Crippen molar-refractivity contribution in [2.75, 3.05) is 10.6 Å². The number of benzene rings is 2. The largest absolute Gasteiger partial charge is 0.444 e. The molecule has 2 aromatic rings. The molecule has 2 aromatic carbocycles. The van der Waals surface area contributed by atoms with Gasteiger partial charge >= 0.3 is 6.09 Å². The fourth-order valence-electron chi connectivity index (χ4n) is 4.58. The third-order valence-corrected chi connectivity index (χ3v) is 7.74. The first-order chi connectivity index (χ1) is 17.6. The number of fused-ring (bicyclic) bond motifs is 2. The Morgan fingerprint density at radius 1 is 1.18 bits per heavy atom. The zero-order valence-electron chi connectivity index (χ0n) is 22.0. The molecule has 2 aliphatic rings. The van der Waals surface area contributed by atoms with Gasteiger partial charge in [0, 0.05) is 11.3 Å². The number of Topliss-reactive ketones (excluding diaryl/α,β-unsaturated/α-hetero) is 2. The van der Waals surface area contributed by atoms with Crippen LogP contribution in [0.15, 0.2) is 51.8 Å². The Balaban J connectivity index is 1.71. The zero-order valence-corrected chi connectivity index (χ0v) is 22.8. The number of rotatable bonds is 5. The van der Waals surface area contributed by atoms with Crippen molar-refractivity contribution >= 4 is 44.9 Å². The third kappa shape index (κ3) is 5.21. The topological polar surface area (TPSA) is 157 Å². The molecule has 4 N–H and O–H groups in total. The van der Waals surface area contributed by atoms with Gasteiger partial charge in [-0.3, -0.25) is 14.9 Å². The molecule has 0 saturated carbocycles. The number of nitrogens with one attached hydrogen (secondary N) is 2. The van der Waals surface area contributed by atoms with Crippen LogP contribution in [0, 0.1) is 11.8 Å². The molecule has 2 unspecified atom stereocenters. The Morgan fingerprint density at radius 3 is 2.53 bits per heavy atom. The van der Waals surface area contributed by atoms with E-state index < -0.39 is 44.7 Å². The summed E-state index contributed by atoms with van der Waals surface area (Å²) in [7, 11) is -4.33. The number of carbonyl (C=O) groups excluding carboxylic acids is 3. The van der Waals surface area contributed by atoms with Gasteiger partial charge in [0.15, 0.2) is 11.6 Å². The van der Waals surface area contributed by atoms with E-state index in [0.29, 0.717) is 18.4 Å². The van der Waals surface area contributed by atoms with E-state index in [-0.39, 0.29) is 33.6 Å². The molecule has 0 spiro atoms. The van der Waals surface area contributed by atoms with Crippen molar-refractivity contribution in [3.63, 3.8) is 0 Å². The van der Waals surface area contributed by atoms with Crippen molar-refractivity contribution in [3.8, 4) is 0 Å². The summed E-state index contributed by atoms with van der Waals surface area (Å²) in [5, 5.41) is 5.36. The van der Waals surface area contributed by atoms with Crippen LogP contribution in [0.2, 0.25) is 0 Å². The molecule has 0 radical (unpaired) electrons. The molecule has 11 heteroatoms. The maximum Gasteiger partial charge on any atom is 0.412 e. The van der Waals surface area contributed by atoms with E-state index in [0.717, 1.165) is 0 Å². The SMILES string of the molecule is CC(C)CCC1(N)C(=O)C(C2=NS(=O)(=O)c3cc(NC(=O)OC(C)(C)C)ccc3N2)C(=O)c2ccccc21.